The van der Waals surface area contributed by atoms with Gasteiger partial charge >= 0.3 is 0 Å². The normalized spacial score (nSPS) is 11.8. The maximum atomic E-state index is 11.4. The molecule has 10 nitrogen and oxygen atoms in total. The zero-order chi connectivity index (χ0) is 23.2. The lowest BCUT2D eigenvalue weighted by Gasteiger charge is -2.13. The summed E-state index contributed by atoms with van der Waals surface area (Å²) in [6.45, 7) is 1.38. The second kappa shape index (κ2) is 22.1. The van der Waals surface area contributed by atoms with E-state index in [9.17, 15) is 24.0 Å². The zero-order valence-electron chi connectivity index (χ0n) is 17.7. The number of hydrogen-bond acceptors (Lipinski definition) is 6. The number of rotatable bonds is 17. The van der Waals surface area contributed by atoms with Crippen molar-refractivity contribution >= 4 is 48.9 Å². The first-order valence-electron chi connectivity index (χ1n) is 9.95. The van der Waals surface area contributed by atoms with E-state index in [0.29, 0.717) is 32.3 Å². The third-order valence-electron chi connectivity index (χ3n) is 3.83. The molecule has 0 aliphatic carbocycles. The van der Waals surface area contributed by atoms with E-state index in [1.165, 1.54) is 0 Å². The first kappa shape index (κ1) is 30.6. The van der Waals surface area contributed by atoms with Gasteiger partial charge in [-0.15, -0.1) is 18.5 Å². The van der Waals surface area contributed by atoms with Gasteiger partial charge in [0, 0.05) is 25.9 Å². The second-order valence-electron chi connectivity index (χ2n) is 6.40. The van der Waals surface area contributed by atoms with Crippen molar-refractivity contribution < 1.29 is 24.0 Å². The molecule has 4 atom stereocenters. The summed E-state index contributed by atoms with van der Waals surface area (Å²) in [4.78, 5) is 53.0. The monoisotopic (exact) mass is 465 g/mol. The maximum absolute atomic E-state index is 11.4. The molecular formula is C18H37N5O5P2. The molecule has 0 aliphatic heterocycles. The number of hydrogen-bond donors (Lipinski definition) is 5. The average molecular weight is 465 g/mol. The zero-order valence-corrected chi connectivity index (χ0v) is 20.0. The Labute approximate surface area is 183 Å². The summed E-state index contributed by atoms with van der Waals surface area (Å²) in [5, 5.41) is 10.5. The Morgan fingerprint density at radius 1 is 0.933 bits per heavy atom. The SMILES string of the molecule is CNC(P)C(=O)NC(P)C(N)=O.O=CCCCCCNC(=O)CCCCCNC=O. The number of carbonyl (C=O) groups excluding carboxylic acids is 5. The highest BCUT2D eigenvalue weighted by atomic mass is 31.0. The fourth-order valence-corrected chi connectivity index (χ4v) is 2.30. The van der Waals surface area contributed by atoms with Gasteiger partial charge in [0.2, 0.25) is 24.1 Å². The van der Waals surface area contributed by atoms with Crippen LogP contribution < -0.4 is 27.0 Å². The van der Waals surface area contributed by atoms with Gasteiger partial charge in [-0.2, -0.15) is 0 Å². The Morgan fingerprint density at radius 2 is 1.57 bits per heavy atom. The van der Waals surface area contributed by atoms with Crippen molar-refractivity contribution in [3.05, 3.63) is 0 Å². The Morgan fingerprint density at radius 3 is 2.13 bits per heavy atom. The lowest BCUT2D eigenvalue weighted by atomic mass is 10.2. The number of nitrogens with two attached hydrogens (primary N) is 1. The molecule has 0 aromatic rings. The summed E-state index contributed by atoms with van der Waals surface area (Å²) < 4.78 is 0. The summed E-state index contributed by atoms with van der Waals surface area (Å²) in [6, 6.07) is 0. The van der Waals surface area contributed by atoms with Crippen molar-refractivity contribution in [2.75, 3.05) is 20.1 Å². The highest BCUT2D eigenvalue weighted by molar-refractivity contribution is 7.20. The molecule has 4 unspecified atom stereocenters. The summed E-state index contributed by atoms with van der Waals surface area (Å²) in [5.74, 6) is -1.90. The number of amides is 4. The molecule has 0 spiro atoms. The van der Waals surface area contributed by atoms with Gasteiger partial charge in [0.25, 0.3) is 0 Å². The molecule has 0 aliphatic rings. The highest BCUT2D eigenvalue weighted by Gasteiger charge is 2.16. The number of nitrogens with one attached hydrogen (secondary N) is 4. The highest BCUT2D eigenvalue weighted by Crippen LogP contribution is 2.00. The second-order valence-corrected chi connectivity index (χ2v) is 7.74. The van der Waals surface area contributed by atoms with Crippen LogP contribution in [0.4, 0.5) is 0 Å². The fourth-order valence-electron chi connectivity index (χ4n) is 2.04. The van der Waals surface area contributed by atoms with Gasteiger partial charge in [-0.25, -0.2) is 0 Å². The van der Waals surface area contributed by atoms with Crippen LogP contribution >= 0.6 is 18.5 Å². The Balaban J connectivity index is 0. The van der Waals surface area contributed by atoms with Crippen molar-refractivity contribution in [1.82, 2.24) is 21.3 Å². The fraction of sp³-hybridized carbons (Fsp3) is 0.722. The third kappa shape index (κ3) is 21.1. The van der Waals surface area contributed by atoms with Crippen molar-refractivity contribution in [2.45, 2.75) is 62.9 Å². The molecule has 0 bridgehead atoms. The van der Waals surface area contributed by atoms with Gasteiger partial charge in [0.05, 0.1) is 0 Å². The van der Waals surface area contributed by atoms with Crippen LogP contribution in [0.2, 0.25) is 0 Å². The van der Waals surface area contributed by atoms with Crippen LogP contribution in [-0.4, -0.2) is 62.1 Å². The van der Waals surface area contributed by atoms with Crippen LogP contribution in [0.25, 0.3) is 0 Å². The van der Waals surface area contributed by atoms with E-state index in [-0.39, 0.29) is 11.8 Å². The smallest absolute Gasteiger partial charge is 0.243 e. The first-order valence-corrected chi connectivity index (χ1v) is 11.3. The topological polar surface area (TPSA) is 159 Å². The lowest BCUT2D eigenvalue weighted by molar-refractivity contribution is -0.125. The Hall–Kier alpha value is -1.63. The molecule has 0 saturated heterocycles. The molecule has 0 aromatic heterocycles. The van der Waals surface area contributed by atoms with Gasteiger partial charge in [0.1, 0.15) is 17.9 Å². The standard InChI is InChI=1S/C13H24N2O3.C5H13N3O2P2/c16-11-7-2-1-6-10-15-13(18)8-4-3-5-9-14-12-17;1-7-5(12)3(10)8-4(11)2(6)9/h11-12H,1-10H2,(H,14,17)(H,15,18);4-5,7H,11-12H2,1H3,(H2,6,9)(H,8,10). The van der Waals surface area contributed by atoms with Crippen molar-refractivity contribution in [3.63, 3.8) is 0 Å². The Kier molecular flexibility index (Phi) is 22.5. The molecule has 0 fully saturated rings. The minimum absolute atomic E-state index is 0.0914. The van der Waals surface area contributed by atoms with E-state index in [2.05, 4.69) is 39.7 Å². The predicted octanol–water partition coefficient (Wildman–Crippen LogP) is -0.622. The van der Waals surface area contributed by atoms with E-state index in [0.717, 1.165) is 44.8 Å². The number of unbranched alkanes of at least 4 members (excludes halogenated alkanes) is 5. The molecule has 0 heterocycles. The largest absolute Gasteiger partial charge is 0.368 e. The summed E-state index contributed by atoms with van der Waals surface area (Å²) in [7, 11) is 6.07. The van der Waals surface area contributed by atoms with Crippen LogP contribution in [0.15, 0.2) is 0 Å². The van der Waals surface area contributed by atoms with Gasteiger partial charge in [0.15, 0.2) is 0 Å². The van der Waals surface area contributed by atoms with Crippen molar-refractivity contribution in [1.29, 1.82) is 0 Å². The quantitative estimate of drug-likeness (QED) is 0.109. The van der Waals surface area contributed by atoms with E-state index in [4.69, 9.17) is 5.73 Å². The summed E-state index contributed by atoms with van der Waals surface area (Å²) >= 11 is 0. The van der Waals surface area contributed by atoms with Crippen LogP contribution in [0.1, 0.15) is 51.4 Å². The van der Waals surface area contributed by atoms with E-state index < -0.39 is 17.5 Å². The maximum Gasteiger partial charge on any atom is 0.243 e. The minimum atomic E-state index is -0.714. The molecule has 4 amide bonds. The van der Waals surface area contributed by atoms with Crippen LogP contribution in [0.5, 0.6) is 0 Å². The minimum Gasteiger partial charge on any atom is -0.368 e. The predicted molar refractivity (Wildman–Crippen MR) is 123 cm³/mol. The molecule has 12 heteroatoms. The van der Waals surface area contributed by atoms with Gasteiger partial charge in [-0.3, -0.25) is 19.2 Å². The van der Waals surface area contributed by atoms with Crippen LogP contribution in [0.3, 0.4) is 0 Å². The molecular weight excluding hydrogens is 428 g/mol. The molecule has 174 valence electrons. The number of aldehydes is 1. The van der Waals surface area contributed by atoms with E-state index in [1.807, 2.05) is 0 Å². The number of primary amides is 1. The van der Waals surface area contributed by atoms with Gasteiger partial charge in [-0.05, 0) is 32.7 Å². The molecule has 6 N–H and O–H groups in total. The van der Waals surface area contributed by atoms with Crippen molar-refractivity contribution in [2.24, 2.45) is 5.73 Å². The van der Waals surface area contributed by atoms with Crippen molar-refractivity contribution in [3.8, 4) is 0 Å². The van der Waals surface area contributed by atoms with Gasteiger partial charge in [-0.1, -0.05) is 12.8 Å². The lowest BCUT2D eigenvalue weighted by Crippen LogP contribution is -2.46. The third-order valence-corrected chi connectivity index (χ3v) is 4.96. The molecule has 0 radical (unpaired) electrons. The first-order chi connectivity index (χ1) is 14.3. The molecule has 30 heavy (non-hydrogen) atoms. The Bertz CT molecular complexity index is 489. The summed E-state index contributed by atoms with van der Waals surface area (Å²) in [6.07, 6.45) is 8.33. The van der Waals surface area contributed by atoms with E-state index >= 15 is 0 Å². The van der Waals surface area contributed by atoms with Crippen LogP contribution in [0, 0.1) is 0 Å². The molecule has 0 rings (SSSR count). The summed E-state index contributed by atoms with van der Waals surface area (Å²) in [5.41, 5.74) is 4.92. The number of carbonyl (C=O) groups is 5. The average Bonchev–Trinajstić information content (AvgIpc) is 2.72. The molecule has 0 aromatic carbocycles. The van der Waals surface area contributed by atoms with Crippen LogP contribution in [-0.2, 0) is 24.0 Å². The van der Waals surface area contributed by atoms with Gasteiger partial charge < -0.3 is 31.8 Å². The molecule has 0 saturated carbocycles. The van der Waals surface area contributed by atoms with E-state index in [1.54, 1.807) is 7.05 Å². The number of likely N-dealkylation sites (N-methyl/N-ethyl adjacent to an activating group) is 1.